The monoisotopic (exact) mass is 837 g/mol. The number of aliphatic hydroxyl groups excluding tert-OH is 2. The molecule has 326 valence electrons. The Morgan fingerprint density at radius 2 is 1.67 bits per heavy atom. The number of carbonyl (C=O) groups is 6. The number of nitrogens with one attached hydrogen (secondary N) is 1. The smallest absolute Gasteiger partial charge is 0.338 e. The van der Waals surface area contributed by atoms with E-state index in [1.807, 2.05) is 6.92 Å². The number of carbonyl (C=O) groups excluding carboxylic acids is 6. The molecule has 4 aliphatic rings. The second-order valence-corrected chi connectivity index (χ2v) is 17.1. The number of unbranched alkanes of at least 4 members (excludes halogenated alkanes) is 2. The zero-order valence-corrected chi connectivity index (χ0v) is 34.9. The summed E-state index contributed by atoms with van der Waals surface area (Å²) in [4.78, 5) is 82.6. The molecule has 1 aromatic heterocycles. The molecule has 1 aromatic carbocycles. The number of furan rings is 1. The molecule has 2 heterocycles. The number of Topliss-reactive ketones (excluding diaryl/α,β-unsaturated/α-hetero) is 1. The lowest BCUT2D eigenvalue weighted by atomic mass is 9.44. The third-order valence-electron chi connectivity index (χ3n) is 13.2. The molecule has 60 heavy (non-hydrogen) atoms. The van der Waals surface area contributed by atoms with Gasteiger partial charge in [-0.05, 0) is 55.7 Å². The molecule has 2 saturated carbocycles. The maximum Gasteiger partial charge on any atom is 0.338 e. The second kappa shape index (κ2) is 16.9. The Morgan fingerprint density at radius 3 is 2.25 bits per heavy atom. The van der Waals surface area contributed by atoms with E-state index >= 15 is 4.79 Å². The van der Waals surface area contributed by atoms with Crippen LogP contribution in [0.25, 0.3) is 0 Å². The van der Waals surface area contributed by atoms with Crippen LogP contribution in [0.15, 0.2) is 64.3 Å². The number of benzene rings is 1. The molecule has 0 spiro atoms. The van der Waals surface area contributed by atoms with Gasteiger partial charge in [-0.1, -0.05) is 51.8 Å². The molecule has 2 bridgehead atoms. The van der Waals surface area contributed by atoms with Crippen LogP contribution in [0.1, 0.15) is 109 Å². The number of esters is 4. The van der Waals surface area contributed by atoms with Gasteiger partial charge in [0.1, 0.15) is 35.7 Å². The van der Waals surface area contributed by atoms with Gasteiger partial charge in [-0.2, -0.15) is 0 Å². The van der Waals surface area contributed by atoms with Crippen molar-refractivity contribution in [2.45, 2.75) is 141 Å². The van der Waals surface area contributed by atoms with Crippen LogP contribution in [0.5, 0.6) is 0 Å². The van der Waals surface area contributed by atoms with Gasteiger partial charge in [0.2, 0.25) is 5.91 Å². The number of hydrogen-bond acceptors (Lipinski definition) is 15. The minimum absolute atomic E-state index is 0.00305. The van der Waals surface area contributed by atoms with E-state index in [-0.39, 0.29) is 41.9 Å². The summed E-state index contributed by atoms with van der Waals surface area (Å²) in [6, 6.07) is 9.44. The van der Waals surface area contributed by atoms with Crippen LogP contribution in [0.2, 0.25) is 0 Å². The Labute approximate surface area is 347 Å². The molecule has 3 fully saturated rings. The maximum atomic E-state index is 15.4. The molecule has 1 amide bonds. The maximum absolute atomic E-state index is 15.4. The average molecular weight is 838 g/mol. The van der Waals surface area contributed by atoms with E-state index in [1.54, 1.807) is 32.0 Å². The highest BCUT2D eigenvalue weighted by molar-refractivity contribution is 5.95. The summed E-state index contributed by atoms with van der Waals surface area (Å²) in [6.07, 6.45) is -6.86. The molecule has 16 nitrogen and oxygen atoms in total. The lowest BCUT2D eigenvalue weighted by molar-refractivity contribution is -0.346. The SMILES string of the molecule is CCCCCC(=O)NC(c1ccco1)C(O)C(=O)OC1CC2(O)C(OC(=O)c3ccccc3)C3C4(OC(C)=O)COC4CC(O)C3(C)C(=O)C(OC(C)=O)C(=C1C)C2(C)C. The number of rotatable bonds is 13. The average Bonchev–Trinajstić information content (AvgIpc) is 3.73. The molecule has 6 rings (SSSR count). The Kier molecular flexibility index (Phi) is 12.6. The van der Waals surface area contributed by atoms with Crippen molar-refractivity contribution in [3.8, 4) is 0 Å². The highest BCUT2D eigenvalue weighted by atomic mass is 16.6. The number of amides is 1. The van der Waals surface area contributed by atoms with Gasteiger partial charge in [0.05, 0.1) is 35.9 Å². The first-order valence-corrected chi connectivity index (χ1v) is 20.4. The zero-order valence-electron chi connectivity index (χ0n) is 34.9. The quantitative estimate of drug-likeness (QED) is 0.0977. The zero-order chi connectivity index (χ0) is 43.9. The summed E-state index contributed by atoms with van der Waals surface area (Å²) < 4.78 is 35.6. The van der Waals surface area contributed by atoms with Crippen LogP contribution in [-0.2, 0) is 47.7 Å². The van der Waals surface area contributed by atoms with Crippen molar-refractivity contribution < 1.29 is 72.2 Å². The number of aliphatic hydroxyl groups is 3. The van der Waals surface area contributed by atoms with Crippen molar-refractivity contribution >= 4 is 35.6 Å². The summed E-state index contributed by atoms with van der Waals surface area (Å²) in [6.45, 7) is 9.94. The molecule has 1 aliphatic heterocycles. The topological polar surface area (TPSA) is 234 Å². The summed E-state index contributed by atoms with van der Waals surface area (Å²) in [5.41, 5.74) is -7.61. The second-order valence-electron chi connectivity index (χ2n) is 17.1. The van der Waals surface area contributed by atoms with Crippen molar-refractivity contribution in [1.29, 1.82) is 0 Å². The first-order valence-electron chi connectivity index (χ1n) is 20.4. The molecule has 2 aromatic rings. The van der Waals surface area contributed by atoms with Gasteiger partial charge in [0.25, 0.3) is 0 Å². The molecule has 1 saturated heterocycles. The van der Waals surface area contributed by atoms with Crippen molar-refractivity contribution in [3.05, 3.63) is 71.2 Å². The molecule has 0 radical (unpaired) electrons. The summed E-state index contributed by atoms with van der Waals surface area (Å²) >= 11 is 0. The summed E-state index contributed by atoms with van der Waals surface area (Å²) in [5.74, 6) is -6.64. The van der Waals surface area contributed by atoms with Gasteiger partial charge in [-0.3, -0.25) is 19.2 Å². The lowest BCUT2D eigenvalue weighted by Gasteiger charge is -2.67. The molecule has 11 unspecified atom stereocenters. The fourth-order valence-corrected chi connectivity index (χ4v) is 9.92. The van der Waals surface area contributed by atoms with E-state index in [2.05, 4.69) is 5.32 Å². The van der Waals surface area contributed by atoms with Crippen molar-refractivity contribution in [2.24, 2.45) is 16.7 Å². The largest absolute Gasteiger partial charge is 0.467 e. The molecule has 16 heteroatoms. The third-order valence-corrected chi connectivity index (χ3v) is 13.2. The standard InChI is InChI=1S/C44H55NO15/c1-8-9-11-18-31(49)45-33(27-17-14-19-55-27)34(50)40(53)58-28-21-44(54)38(59-39(52)26-15-12-10-13-16-26)36-42(7,29(48)20-30-43(36,22-56-30)60-25(4)47)37(51)35(57-24(3)46)32(23(28)2)41(44,5)6/h10,12-17,19,28-30,33-36,38,48,50,54H,8-9,11,18,20-22H2,1-7H3,(H,45,49). The van der Waals surface area contributed by atoms with E-state index < -0.39 is 113 Å². The minimum Gasteiger partial charge on any atom is -0.467 e. The van der Waals surface area contributed by atoms with Gasteiger partial charge in [-0.15, -0.1) is 0 Å². The number of hydrogen-bond donors (Lipinski definition) is 4. The van der Waals surface area contributed by atoms with E-state index in [9.17, 15) is 39.3 Å². The van der Waals surface area contributed by atoms with Crippen LogP contribution in [-0.4, -0.2) is 105 Å². The predicted octanol–water partition coefficient (Wildman–Crippen LogP) is 3.60. The highest BCUT2D eigenvalue weighted by Crippen LogP contribution is 2.64. The number of ether oxygens (including phenoxy) is 5. The van der Waals surface area contributed by atoms with Gasteiger partial charge in [0.15, 0.2) is 23.6 Å². The highest BCUT2D eigenvalue weighted by Gasteiger charge is 2.78. The van der Waals surface area contributed by atoms with Crippen molar-refractivity contribution in [1.82, 2.24) is 5.32 Å². The van der Waals surface area contributed by atoms with Crippen LogP contribution in [0.3, 0.4) is 0 Å². The first-order chi connectivity index (χ1) is 28.2. The fourth-order valence-electron chi connectivity index (χ4n) is 9.92. The van der Waals surface area contributed by atoms with Gasteiger partial charge >= 0.3 is 23.9 Å². The van der Waals surface area contributed by atoms with Gasteiger partial charge in [-0.25, -0.2) is 9.59 Å². The Hall–Kier alpha value is -4.90. The molecular weight excluding hydrogens is 782 g/mol. The summed E-state index contributed by atoms with van der Waals surface area (Å²) in [7, 11) is 0. The molecule has 11 atom stereocenters. The van der Waals surface area contributed by atoms with Crippen molar-refractivity contribution in [2.75, 3.05) is 6.61 Å². The van der Waals surface area contributed by atoms with Crippen molar-refractivity contribution in [3.63, 3.8) is 0 Å². The minimum atomic E-state index is -2.38. The molecular formula is C44H55NO15. The normalized spacial score (nSPS) is 32.7. The van der Waals surface area contributed by atoms with Gasteiger partial charge < -0.3 is 48.7 Å². The lowest BCUT2D eigenvalue weighted by Crippen LogP contribution is -2.82. The Bertz CT molecular complexity index is 2010. The Balaban J connectivity index is 1.52. The number of fused-ring (bicyclic) bond motifs is 5. The molecule has 3 aliphatic carbocycles. The number of ketones is 1. The predicted molar refractivity (Wildman–Crippen MR) is 208 cm³/mol. The summed E-state index contributed by atoms with van der Waals surface area (Å²) in [5, 5.41) is 39.9. The molecule has 4 N–H and O–H groups in total. The van der Waals surface area contributed by atoms with E-state index in [4.69, 9.17) is 28.1 Å². The van der Waals surface area contributed by atoms with Crippen LogP contribution >= 0.6 is 0 Å². The van der Waals surface area contributed by atoms with E-state index in [0.717, 1.165) is 26.7 Å². The first kappa shape index (κ1) is 44.6. The third kappa shape index (κ3) is 7.56. The van der Waals surface area contributed by atoms with E-state index in [0.29, 0.717) is 6.42 Å². The van der Waals surface area contributed by atoms with Crippen LogP contribution in [0, 0.1) is 16.7 Å². The van der Waals surface area contributed by atoms with Crippen LogP contribution < -0.4 is 5.32 Å². The van der Waals surface area contributed by atoms with E-state index in [1.165, 1.54) is 44.4 Å². The van der Waals surface area contributed by atoms with Crippen LogP contribution in [0.4, 0.5) is 0 Å². The van der Waals surface area contributed by atoms with Gasteiger partial charge in [0, 0.05) is 38.5 Å². The Morgan fingerprint density at radius 1 is 0.967 bits per heavy atom. The fraction of sp³-hybridized carbons (Fsp3) is 0.591.